The Labute approximate surface area is 165 Å². The van der Waals surface area contributed by atoms with Crippen molar-refractivity contribution in [1.82, 2.24) is 10.3 Å². The van der Waals surface area contributed by atoms with Crippen molar-refractivity contribution in [3.05, 3.63) is 75.6 Å². The number of fused-ring (bicyclic) bond motifs is 1. The molecule has 0 aliphatic rings. The molecule has 0 fully saturated rings. The summed E-state index contributed by atoms with van der Waals surface area (Å²) < 4.78 is 42.4. The van der Waals surface area contributed by atoms with Crippen LogP contribution in [0.4, 0.5) is 13.2 Å². The summed E-state index contributed by atoms with van der Waals surface area (Å²) in [6.07, 6.45) is 1.05. The largest absolute Gasteiger partial charge is 0.480 e. The van der Waals surface area contributed by atoms with Crippen LogP contribution in [0, 0.1) is 17.5 Å². The zero-order valence-corrected chi connectivity index (χ0v) is 15.6. The second kappa shape index (κ2) is 7.97. The molecule has 0 aliphatic carbocycles. The number of nitrogens with one attached hydrogen (secondary N) is 1. The lowest BCUT2D eigenvalue weighted by molar-refractivity contribution is -0.139. The van der Waals surface area contributed by atoms with Gasteiger partial charge >= 0.3 is 5.97 Å². The molecule has 1 atom stereocenters. The zero-order chi connectivity index (χ0) is 20.4. The number of aromatic nitrogens is 1. The van der Waals surface area contributed by atoms with Crippen molar-refractivity contribution in [2.75, 3.05) is 0 Å². The van der Waals surface area contributed by atoms with Gasteiger partial charge in [0.1, 0.15) is 29.1 Å². The Morgan fingerprint density at radius 3 is 2.43 bits per heavy atom. The maximum Gasteiger partial charge on any atom is 0.326 e. The van der Waals surface area contributed by atoms with E-state index in [1.54, 1.807) is 12.1 Å². The van der Waals surface area contributed by atoms with E-state index >= 15 is 0 Å². The summed E-state index contributed by atoms with van der Waals surface area (Å²) in [7, 11) is 0. The molecule has 3 aromatic rings. The van der Waals surface area contributed by atoms with E-state index in [0.717, 1.165) is 24.3 Å². The van der Waals surface area contributed by atoms with E-state index in [1.165, 1.54) is 6.20 Å². The minimum absolute atomic E-state index is 0.00741. The predicted octanol–water partition coefficient (Wildman–Crippen LogP) is 3.84. The van der Waals surface area contributed by atoms with Gasteiger partial charge in [0, 0.05) is 22.5 Å². The fourth-order valence-corrected chi connectivity index (χ4v) is 3.31. The molecule has 1 amide bonds. The molecule has 0 radical (unpaired) electrons. The Kier molecular flexibility index (Phi) is 5.64. The molecule has 0 aliphatic heterocycles. The van der Waals surface area contributed by atoms with Gasteiger partial charge in [0.15, 0.2) is 0 Å². The number of rotatable bonds is 5. The minimum Gasteiger partial charge on any atom is -0.480 e. The molecule has 0 spiro atoms. The van der Waals surface area contributed by atoms with Crippen LogP contribution in [0.2, 0.25) is 0 Å². The normalized spacial score (nSPS) is 12.0. The fourth-order valence-electron chi connectivity index (χ4n) is 2.79. The van der Waals surface area contributed by atoms with Crippen LogP contribution in [-0.2, 0) is 11.2 Å². The quantitative estimate of drug-likeness (QED) is 0.616. The molecule has 3 rings (SSSR count). The molecular formula is C19H12BrF3N2O3. The summed E-state index contributed by atoms with van der Waals surface area (Å²) in [4.78, 5) is 28.0. The Morgan fingerprint density at radius 2 is 1.79 bits per heavy atom. The number of pyridine rings is 1. The van der Waals surface area contributed by atoms with E-state index in [9.17, 15) is 27.9 Å². The lowest BCUT2D eigenvalue weighted by atomic mass is 10.00. The van der Waals surface area contributed by atoms with Gasteiger partial charge in [0.05, 0.1) is 5.52 Å². The monoisotopic (exact) mass is 452 g/mol. The second-order valence-electron chi connectivity index (χ2n) is 5.88. The molecule has 2 N–H and O–H groups in total. The molecule has 1 heterocycles. The summed E-state index contributed by atoms with van der Waals surface area (Å²) in [5, 5.41) is 11.8. The maximum atomic E-state index is 14.5. The van der Waals surface area contributed by atoms with Gasteiger partial charge < -0.3 is 10.4 Å². The molecule has 1 aromatic heterocycles. The average molecular weight is 453 g/mol. The van der Waals surface area contributed by atoms with Crippen molar-refractivity contribution in [2.24, 2.45) is 0 Å². The number of halogens is 4. The Hall–Kier alpha value is -2.94. The number of aliphatic carboxylic acids is 1. The SMILES string of the molecule is O=C(NC(Cc1c(F)cc(Br)c2ncccc12)C(=O)O)c1c(F)cccc1F. The topological polar surface area (TPSA) is 79.3 Å². The lowest BCUT2D eigenvalue weighted by Gasteiger charge is -2.17. The van der Waals surface area contributed by atoms with Crippen molar-refractivity contribution in [2.45, 2.75) is 12.5 Å². The number of carboxylic acid groups (broad SMARTS) is 1. The molecule has 9 heteroatoms. The summed E-state index contributed by atoms with van der Waals surface area (Å²) in [6.45, 7) is 0. The summed E-state index contributed by atoms with van der Waals surface area (Å²) >= 11 is 3.19. The number of benzene rings is 2. The molecule has 5 nitrogen and oxygen atoms in total. The number of hydrogen-bond acceptors (Lipinski definition) is 3. The van der Waals surface area contributed by atoms with Gasteiger partial charge in [-0.1, -0.05) is 12.1 Å². The molecule has 0 saturated carbocycles. The number of hydrogen-bond donors (Lipinski definition) is 2. The Balaban J connectivity index is 1.96. The van der Waals surface area contributed by atoms with E-state index in [0.29, 0.717) is 15.4 Å². The molecule has 0 saturated heterocycles. The van der Waals surface area contributed by atoms with Crippen LogP contribution in [-0.4, -0.2) is 28.0 Å². The van der Waals surface area contributed by atoms with Gasteiger partial charge in [-0.25, -0.2) is 18.0 Å². The van der Waals surface area contributed by atoms with Crippen molar-refractivity contribution in [1.29, 1.82) is 0 Å². The molecule has 1 unspecified atom stereocenters. The molecule has 0 bridgehead atoms. The second-order valence-corrected chi connectivity index (χ2v) is 6.74. The average Bonchev–Trinajstić information content (AvgIpc) is 2.63. The third kappa shape index (κ3) is 3.84. The van der Waals surface area contributed by atoms with Crippen molar-refractivity contribution in [3.8, 4) is 0 Å². The van der Waals surface area contributed by atoms with Crippen LogP contribution in [0.15, 0.2) is 47.1 Å². The zero-order valence-electron chi connectivity index (χ0n) is 14.0. The first kappa shape index (κ1) is 19.8. The van der Waals surface area contributed by atoms with E-state index in [4.69, 9.17) is 0 Å². The van der Waals surface area contributed by atoms with Gasteiger partial charge in [-0.3, -0.25) is 9.78 Å². The fraction of sp³-hybridized carbons (Fsp3) is 0.105. The maximum absolute atomic E-state index is 14.5. The highest BCUT2D eigenvalue weighted by molar-refractivity contribution is 9.10. The summed E-state index contributed by atoms with van der Waals surface area (Å²) in [5.41, 5.74) is -0.487. The molecular weight excluding hydrogens is 441 g/mol. The van der Waals surface area contributed by atoms with Crippen molar-refractivity contribution in [3.63, 3.8) is 0 Å². The Bertz CT molecular complexity index is 1070. The molecule has 144 valence electrons. The lowest BCUT2D eigenvalue weighted by Crippen LogP contribution is -2.43. The molecule has 28 heavy (non-hydrogen) atoms. The number of carbonyl (C=O) groups excluding carboxylic acids is 1. The number of amides is 1. The first-order chi connectivity index (χ1) is 13.3. The standard InChI is InChI=1S/C19H12BrF3N2O3/c20-11-8-14(23)10(9-3-2-6-24-17(9)11)7-15(19(27)28)25-18(26)16-12(21)4-1-5-13(16)22/h1-6,8,15H,7H2,(H,25,26)(H,27,28). The smallest absolute Gasteiger partial charge is 0.326 e. The van der Waals surface area contributed by atoms with Crippen molar-refractivity contribution < 1.29 is 27.9 Å². The van der Waals surface area contributed by atoms with Crippen LogP contribution in [0.5, 0.6) is 0 Å². The highest BCUT2D eigenvalue weighted by atomic mass is 79.9. The van der Waals surface area contributed by atoms with E-state index in [1.807, 2.05) is 0 Å². The summed E-state index contributed by atoms with van der Waals surface area (Å²) in [5.74, 6) is -5.70. The number of carbonyl (C=O) groups is 2. The molecule has 2 aromatic carbocycles. The first-order valence-electron chi connectivity index (χ1n) is 7.99. The van der Waals surface area contributed by atoms with Crippen LogP contribution < -0.4 is 5.32 Å². The van der Waals surface area contributed by atoms with E-state index < -0.39 is 47.4 Å². The van der Waals surface area contributed by atoms with Crippen LogP contribution in [0.25, 0.3) is 10.9 Å². The minimum atomic E-state index is -1.62. The van der Waals surface area contributed by atoms with Crippen molar-refractivity contribution >= 4 is 38.7 Å². The van der Waals surface area contributed by atoms with E-state index in [-0.39, 0.29) is 5.56 Å². The van der Waals surface area contributed by atoms with Crippen LogP contribution >= 0.6 is 15.9 Å². The van der Waals surface area contributed by atoms with Crippen LogP contribution in [0.1, 0.15) is 15.9 Å². The van der Waals surface area contributed by atoms with E-state index in [2.05, 4.69) is 26.2 Å². The van der Waals surface area contributed by atoms with Gasteiger partial charge in [-0.15, -0.1) is 0 Å². The van der Waals surface area contributed by atoms with Gasteiger partial charge in [0.25, 0.3) is 5.91 Å². The van der Waals surface area contributed by atoms with Gasteiger partial charge in [-0.2, -0.15) is 0 Å². The third-order valence-electron chi connectivity index (χ3n) is 4.10. The summed E-state index contributed by atoms with van der Waals surface area (Å²) in [6, 6.07) is 5.46. The van der Waals surface area contributed by atoms with Gasteiger partial charge in [-0.05, 0) is 45.8 Å². The predicted molar refractivity (Wildman–Crippen MR) is 98.4 cm³/mol. The highest BCUT2D eigenvalue weighted by Gasteiger charge is 2.27. The number of nitrogens with zero attached hydrogens (tertiary/aromatic N) is 1. The van der Waals surface area contributed by atoms with Crippen LogP contribution in [0.3, 0.4) is 0 Å². The third-order valence-corrected chi connectivity index (χ3v) is 4.71. The number of carboxylic acids is 1. The first-order valence-corrected chi connectivity index (χ1v) is 8.78. The highest BCUT2D eigenvalue weighted by Crippen LogP contribution is 2.28. The van der Waals surface area contributed by atoms with Gasteiger partial charge in [0.2, 0.25) is 0 Å². The Morgan fingerprint density at radius 1 is 1.11 bits per heavy atom.